The lowest BCUT2D eigenvalue weighted by atomic mass is 9.77. The van der Waals surface area contributed by atoms with Gasteiger partial charge in [0.15, 0.2) is 0 Å². The summed E-state index contributed by atoms with van der Waals surface area (Å²) in [4.78, 5) is 22.3. The van der Waals surface area contributed by atoms with Crippen LogP contribution in [0.3, 0.4) is 0 Å². The Labute approximate surface area is 245 Å². The molecule has 4 aromatic carbocycles. The second-order valence-corrected chi connectivity index (χ2v) is 10.3. The third kappa shape index (κ3) is 5.32. The fourth-order valence-corrected chi connectivity index (χ4v) is 5.68. The van der Waals surface area contributed by atoms with Crippen LogP contribution in [0.4, 0.5) is 0 Å². The molecule has 6 heteroatoms. The number of nitrogens with zero attached hydrogens (tertiary/aromatic N) is 3. The molecule has 6 rings (SSSR count). The van der Waals surface area contributed by atoms with Crippen molar-refractivity contribution in [1.82, 2.24) is 19.9 Å². The van der Waals surface area contributed by atoms with Gasteiger partial charge in [-0.05, 0) is 34.4 Å². The highest BCUT2D eigenvalue weighted by molar-refractivity contribution is 5.79. The standard InChI is InChI=1S/C36H32N4O2/c1-42-35(41)34(38-24-27-21-28-13-11-12-20-33(28)37-23-27)22-32-25-40(26-39-32)36(29-14-5-2-6-15-29,30-16-7-3-8-17-30)31-18-9-4-10-19-31/h2-21,23,25-26,34,38H,22,24H2,1H3/t34-/m0/s1. The molecule has 0 aliphatic rings. The van der Waals surface area contributed by atoms with Crippen LogP contribution in [0.2, 0.25) is 0 Å². The minimum Gasteiger partial charge on any atom is -0.468 e. The van der Waals surface area contributed by atoms with E-state index in [1.807, 2.05) is 61.2 Å². The Morgan fingerprint density at radius 2 is 1.38 bits per heavy atom. The first-order chi connectivity index (χ1) is 20.7. The van der Waals surface area contributed by atoms with Gasteiger partial charge in [0, 0.05) is 30.7 Å². The number of rotatable bonds is 10. The number of pyridine rings is 1. The van der Waals surface area contributed by atoms with Gasteiger partial charge in [-0.1, -0.05) is 109 Å². The van der Waals surface area contributed by atoms with Gasteiger partial charge >= 0.3 is 5.97 Å². The molecule has 0 aliphatic carbocycles. The number of nitrogens with one attached hydrogen (secondary N) is 1. The highest BCUT2D eigenvalue weighted by Crippen LogP contribution is 2.40. The Kier molecular flexibility index (Phi) is 7.88. The van der Waals surface area contributed by atoms with Crippen LogP contribution in [0.1, 0.15) is 27.9 Å². The average molecular weight is 553 g/mol. The molecule has 0 spiro atoms. The molecule has 2 heterocycles. The quantitative estimate of drug-likeness (QED) is 0.163. The number of hydrogen-bond donors (Lipinski definition) is 1. The van der Waals surface area contributed by atoms with Gasteiger partial charge in [-0.3, -0.25) is 15.1 Å². The van der Waals surface area contributed by atoms with E-state index in [0.29, 0.717) is 13.0 Å². The van der Waals surface area contributed by atoms with E-state index in [9.17, 15) is 4.79 Å². The maximum absolute atomic E-state index is 12.9. The molecule has 42 heavy (non-hydrogen) atoms. The first kappa shape index (κ1) is 27.1. The van der Waals surface area contributed by atoms with Crippen LogP contribution < -0.4 is 5.32 Å². The van der Waals surface area contributed by atoms with Crippen molar-refractivity contribution in [1.29, 1.82) is 0 Å². The number of benzene rings is 4. The number of fused-ring (bicyclic) bond motifs is 1. The Morgan fingerprint density at radius 3 is 1.98 bits per heavy atom. The molecule has 1 N–H and O–H groups in total. The first-order valence-electron chi connectivity index (χ1n) is 14.0. The van der Waals surface area contributed by atoms with E-state index in [0.717, 1.165) is 38.9 Å². The van der Waals surface area contributed by atoms with Gasteiger partial charge in [0.25, 0.3) is 0 Å². The third-order valence-corrected chi connectivity index (χ3v) is 7.70. The molecule has 0 unspecified atom stereocenters. The number of aromatic nitrogens is 3. The minimum atomic E-state index is -0.667. The van der Waals surface area contributed by atoms with E-state index in [1.54, 1.807) is 0 Å². The maximum atomic E-state index is 12.9. The normalized spacial score (nSPS) is 12.2. The molecule has 2 aromatic heterocycles. The van der Waals surface area contributed by atoms with Crippen LogP contribution in [0.5, 0.6) is 0 Å². The van der Waals surface area contributed by atoms with E-state index >= 15 is 0 Å². The van der Waals surface area contributed by atoms with Crippen LogP contribution in [-0.2, 0) is 28.0 Å². The summed E-state index contributed by atoms with van der Waals surface area (Å²) in [5, 5.41) is 4.44. The van der Waals surface area contributed by atoms with E-state index in [2.05, 4.69) is 93.7 Å². The molecule has 6 aromatic rings. The SMILES string of the molecule is COC(=O)[C@H](Cc1cn(C(c2ccccc2)(c2ccccc2)c2ccccc2)cn1)NCc1cnc2ccccc2c1. The zero-order valence-electron chi connectivity index (χ0n) is 23.4. The fourth-order valence-electron chi connectivity index (χ4n) is 5.68. The van der Waals surface area contributed by atoms with Crippen molar-refractivity contribution < 1.29 is 9.53 Å². The zero-order chi connectivity index (χ0) is 28.8. The molecular formula is C36H32N4O2. The second-order valence-electron chi connectivity index (χ2n) is 10.3. The summed E-state index contributed by atoms with van der Waals surface area (Å²) in [6.45, 7) is 0.473. The lowest BCUT2D eigenvalue weighted by Gasteiger charge is -2.37. The van der Waals surface area contributed by atoms with E-state index in [-0.39, 0.29) is 5.97 Å². The molecule has 0 radical (unpaired) electrons. The molecule has 0 aliphatic heterocycles. The van der Waals surface area contributed by atoms with Crippen LogP contribution in [0.15, 0.2) is 140 Å². The highest BCUT2D eigenvalue weighted by Gasteiger charge is 2.38. The summed E-state index contributed by atoms with van der Waals surface area (Å²) < 4.78 is 7.33. The molecule has 1 atom stereocenters. The average Bonchev–Trinajstić information content (AvgIpc) is 3.53. The van der Waals surface area contributed by atoms with Crippen molar-refractivity contribution in [3.05, 3.63) is 168 Å². The fraction of sp³-hybridized carbons (Fsp3) is 0.139. The zero-order valence-corrected chi connectivity index (χ0v) is 23.4. The van der Waals surface area contributed by atoms with Crippen molar-refractivity contribution in [3.8, 4) is 0 Å². The summed E-state index contributed by atoms with van der Waals surface area (Å²) >= 11 is 0. The molecule has 0 fully saturated rings. The van der Waals surface area contributed by atoms with Gasteiger partial charge in [-0.2, -0.15) is 0 Å². The van der Waals surface area contributed by atoms with Crippen LogP contribution in [0.25, 0.3) is 10.9 Å². The molecule has 0 amide bonds. The van der Waals surface area contributed by atoms with Gasteiger partial charge < -0.3 is 9.30 Å². The second kappa shape index (κ2) is 12.2. The smallest absolute Gasteiger partial charge is 0.323 e. The summed E-state index contributed by atoms with van der Waals surface area (Å²) in [5.74, 6) is -0.335. The maximum Gasteiger partial charge on any atom is 0.323 e. The van der Waals surface area contributed by atoms with Crippen molar-refractivity contribution in [2.24, 2.45) is 0 Å². The molecule has 0 saturated carbocycles. The Balaban J connectivity index is 1.35. The number of carbonyl (C=O) groups excluding carboxylic acids is 1. The van der Waals surface area contributed by atoms with Gasteiger partial charge in [-0.15, -0.1) is 0 Å². The monoisotopic (exact) mass is 552 g/mol. The topological polar surface area (TPSA) is 69.0 Å². The molecule has 0 saturated heterocycles. The highest BCUT2D eigenvalue weighted by atomic mass is 16.5. The van der Waals surface area contributed by atoms with Gasteiger partial charge in [-0.25, -0.2) is 4.98 Å². The molecular weight excluding hydrogens is 520 g/mol. The van der Waals surface area contributed by atoms with Crippen LogP contribution >= 0.6 is 0 Å². The number of esters is 1. The number of hydrogen-bond acceptors (Lipinski definition) is 5. The number of ether oxygens (including phenoxy) is 1. The van der Waals surface area contributed by atoms with Gasteiger partial charge in [0.2, 0.25) is 0 Å². The third-order valence-electron chi connectivity index (χ3n) is 7.70. The lowest BCUT2D eigenvalue weighted by molar-refractivity contribution is -0.143. The summed E-state index contributed by atoms with van der Waals surface area (Å²) in [6, 6.07) is 40.9. The Morgan fingerprint density at radius 1 is 0.810 bits per heavy atom. The van der Waals surface area contributed by atoms with Gasteiger partial charge in [0.1, 0.15) is 11.6 Å². The van der Waals surface area contributed by atoms with Crippen LogP contribution in [-0.4, -0.2) is 33.7 Å². The van der Waals surface area contributed by atoms with Gasteiger partial charge in [0.05, 0.1) is 24.6 Å². The molecule has 0 bridgehead atoms. The van der Waals surface area contributed by atoms with E-state index in [4.69, 9.17) is 9.72 Å². The largest absolute Gasteiger partial charge is 0.468 e. The van der Waals surface area contributed by atoms with E-state index in [1.165, 1.54) is 7.11 Å². The van der Waals surface area contributed by atoms with E-state index < -0.39 is 11.6 Å². The summed E-state index contributed by atoms with van der Waals surface area (Å²) in [6.07, 6.45) is 6.12. The lowest BCUT2D eigenvalue weighted by Crippen LogP contribution is -2.39. The van der Waals surface area contributed by atoms with Crippen molar-refractivity contribution in [2.75, 3.05) is 7.11 Å². The predicted molar refractivity (Wildman–Crippen MR) is 165 cm³/mol. The van der Waals surface area contributed by atoms with Crippen molar-refractivity contribution >= 4 is 16.9 Å². The van der Waals surface area contributed by atoms with Crippen molar-refractivity contribution in [2.45, 2.75) is 24.5 Å². The van der Waals surface area contributed by atoms with Crippen molar-refractivity contribution in [3.63, 3.8) is 0 Å². The number of imidazole rings is 1. The first-order valence-corrected chi connectivity index (χ1v) is 14.0. The number of para-hydroxylation sites is 1. The minimum absolute atomic E-state index is 0.335. The predicted octanol–water partition coefficient (Wildman–Crippen LogP) is 6.15. The Bertz CT molecular complexity index is 1670. The number of methoxy groups -OCH3 is 1. The number of carbonyl (C=O) groups is 1. The summed E-state index contributed by atoms with van der Waals surface area (Å²) in [7, 11) is 1.42. The van der Waals surface area contributed by atoms with Crippen LogP contribution in [0, 0.1) is 0 Å². The molecule has 208 valence electrons. The Hall–Kier alpha value is -5.07. The molecule has 6 nitrogen and oxygen atoms in total. The summed E-state index contributed by atoms with van der Waals surface area (Å²) in [5.41, 5.74) is 5.37.